The first-order chi connectivity index (χ1) is 14.3. The summed E-state index contributed by atoms with van der Waals surface area (Å²) < 4.78 is 29.6. The van der Waals surface area contributed by atoms with Gasteiger partial charge in [0, 0.05) is 11.8 Å². The summed E-state index contributed by atoms with van der Waals surface area (Å²) in [7, 11) is 0. The molecule has 1 N–H and O–H groups in total. The van der Waals surface area contributed by atoms with Gasteiger partial charge in [-0.2, -0.15) is 0 Å². The number of hydrogen-bond donors (Lipinski definition) is 1. The number of halogens is 1. The number of nitrogens with zero attached hydrogens (tertiary/aromatic N) is 1. The fraction of sp³-hybridized carbons (Fsp3) is 0.273. The van der Waals surface area contributed by atoms with Gasteiger partial charge in [0.2, 0.25) is 6.79 Å². The SMILES string of the molecule is CC1=C(C(=O)OC(C)C)[C@H](c2ccc(F)cc2)NC(=O)N1c1ccc2c(c1)OCO2. The van der Waals surface area contributed by atoms with Crippen molar-refractivity contribution < 1.29 is 28.2 Å². The van der Waals surface area contributed by atoms with E-state index in [-0.39, 0.29) is 18.5 Å². The third-order valence-electron chi connectivity index (χ3n) is 4.87. The summed E-state index contributed by atoms with van der Waals surface area (Å²) in [6.07, 6.45) is -0.344. The number of carbonyl (C=O) groups is 2. The van der Waals surface area contributed by atoms with Crippen molar-refractivity contribution in [3.8, 4) is 11.5 Å². The molecule has 2 heterocycles. The van der Waals surface area contributed by atoms with E-state index in [9.17, 15) is 14.0 Å². The fourth-order valence-corrected chi connectivity index (χ4v) is 3.53. The van der Waals surface area contributed by atoms with Gasteiger partial charge in [0.15, 0.2) is 11.5 Å². The highest BCUT2D eigenvalue weighted by Gasteiger charge is 2.38. The Hall–Kier alpha value is -3.55. The number of ether oxygens (including phenoxy) is 3. The molecule has 0 saturated heterocycles. The Morgan fingerprint density at radius 2 is 1.87 bits per heavy atom. The zero-order valence-corrected chi connectivity index (χ0v) is 16.8. The van der Waals surface area contributed by atoms with Crippen LogP contribution in [0.4, 0.5) is 14.9 Å². The Labute approximate surface area is 173 Å². The van der Waals surface area contributed by atoms with Crippen LogP contribution in [-0.2, 0) is 9.53 Å². The summed E-state index contributed by atoms with van der Waals surface area (Å²) in [6, 6.07) is 9.53. The molecule has 8 heteroatoms. The first-order valence-electron chi connectivity index (χ1n) is 9.52. The van der Waals surface area contributed by atoms with Crippen LogP contribution in [0.3, 0.4) is 0 Å². The van der Waals surface area contributed by atoms with Crippen LogP contribution in [0.25, 0.3) is 0 Å². The van der Waals surface area contributed by atoms with Gasteiger partial charge in [0.1, 0.15) is 5.82 Å². The Kier molecular flexibility index (Phi) is 5.07. The van der Waals surface area contributed by atoms with Gasteiger partial charge in [-0.1, -0.05) is 12.1 Å². The summed E-state index contributed by atoms with van der Waals surface area (Å²) >= 11 is 0. The van der Waals surface area contributed by atoms with Crippen molar-refractivity contribution in [3.63, 3.8) is 0 Å². The molecule has 2 aromatic rings. The monoisotopic (exact) mass is 412 g/mol. The molecule has 2 amide bonds. The molecule has 0 aliphatic carbocycles. The standard InChI is InChI=1S/C22H21FN2O5/c1-12(2)30-21(26)19-13(3)25(16-8-9-17-18(10-16)29-11-28-17)22(27)24-20(19)14-4-6-15(23)7-5-14/h4-10,12,20H,11H2,1-3H3,(H,24,27)/t20-/m0/s1. The zero-order valence-electron chi connectivity index (χ0n) is 16.8. The topological polar surface area (TPSA) is 77.1 Å². The Bertz CT molecular complexity index is 1030. The Morgan fingerprint density at radius 3 is 2.57 bits per heavy atom. The molecule has 0 unspecified atom stereocenters. The predicted molar refractivity (Wildman–Crippen MR) is 107 cm³/mol. The summed E-state index contributed by atoms with van der Waals surface area (Å²) in [5.74, 6) is 0.138. The van der Waals surface area contributed by atoms with Crippen LogP contribution < -0.4 is 19.7 Å². The molecule has 156 valence electrons. The Balaban J connectivity index is 1.80. The van der Waals surface area contributed by atoms with Crippen LogP contribution in [0, 0.1) is 5.82 Å². The van der Waals surface area contributed by atoms with Gasteiger partial charge in [-0.15, -0.1) is 0 Å². The van der Waals surface area contributed by atoms with Gasteiger partial charge < -0.3 is 19.5 Å². The molecule has 2 aliphatic heterocycles. The minimum absolute atomic E-state index is 0.110. The molecule has 0 saturated carbocycles. The second kappa shape index (κ2) is 7.70. The average molecular weight is 412 g/mol. The maximum absolute atomic E-state index is 13.4. The number of fused-ring (bicyclic) bond motifs is 1. The molecule has 30 heavy (non-hydrogen) atoms. The maximum atomic E-state index is 13.4. The molecule has 0 aromatic heterocycles. The molecular formula is C22H21FN2O5. The highest BCUT2D eigenvalue weighted by molar-refractivity contribution is 6.03. The van der Waals surface area contributed by atoms with Crippen molar-refractivity contribution in [1.82, 2.24) is 5.32 Å². The lowest BCUT2D eigenvalue weighted by Gasteiger charge is -2.35. The number of esters is 1. The molecule has 0 bridgehead atoms. The maximum Gasteiger partial charge on any atom is 0.338 e. The largest absolute Gasteiger partial charge is 0.459 e. The second-order valence-electron chi connectivity index (χ2n) is 7.26. The van der Waals surface area contributed by atoms with E-state index in [0.717, 1.165) is 0 Å². The normalized spacial score (nSPS) is 18.0. The van der Waals surface area contributed by atoms with Gasteiger partial charge in [0.05, 0.1) is 23.4 Å². The van der Waals surface area contributed by atoms with Crippen LogP contribution in [0.1, 0.15) is 32.4 Å². The van der Waals surface area contributed by atoms with E-state index in [2.05, 4.69) is 5.32 Å². The van der Waals surface area contributed by atoms with Gasteiger partial charge in [0.25, 0.3) is 0 Å². The lowest BCUT2D eigenvalue weighted by atomic mass is 9.94. The second-order valence-corrected chi connectivity index (χ2v) is 7.26. The summed E-state index contributed by atoms with van der Waals surface area (Å²) in [5, 5.41) is 2.84. The predicted octanol–water partition coefficient (Wildman–Crippen LogP) is 4.05. The quantitative estimate of drug-likeness (QED) is 0.767. The number of rotatable bonds is 4. The fourth-order valence-electron chi connectivity index (χ4n) is 3.53. The van der Waals surface area contributed by atoms with Gasteiger partial charge in [-0.3, -0.25) is 4.90 Å². The zero-order chi connectivity index (χ0) is 21.4. The molecule has 0 fully saturated rings. The van der Waals surface area contributed by atoms with Crippen molar-refractivity contribution in [2.75, 3.05) is 11.7 Å². The third-order valence-corrected chi connectivity index (χ3v) is 4.87. The number of urea groups is 1. The van der Waals surface area contributed by atoms with E-state index < -0.39 is 23.9 Å². The minimum Gasteiger partial charge on any atom is -0.459 e. The van der Waals surface area contributed by atoms with Gasteiger partial charge in [-0.05, 0) is 50.6 Å². The first kappa shape index (κ1) is 19.8. The van der Waals surface area contributed by atoms with Crippen molar-refractivity contribution in [1.29, 1.82) is 0 Å². The summed E-state index contributed by atoms with van der Waals surface area (Å²) in [5.41, 5.74) is 1.77. The first-order valence-corrected chi connectivity index (χ1v) is 9.52. The number of nitrogens with one attached hydrogen (secondary N) is 1. The number of benzene rings is 2. The third kappa shape index (κ3) is 3.56. The Morgan fingerprint density at radius 1 is 1.17 bits per heavy atom. The molecule has 4 rings (SSSR count). The summed E-state index contributed by atoms with van der Waals surface area (Å²) in [4.78, 5) is 27.4. The van der Waals surface area contributed by atoms with Crippen molar-refractivity contribution in [2.45, 2.75) is 32.9 Å². The molecule has 0 spiro atoms. The molecular weight excluding hydrogens is 391 g/mol. The van der Waals surface area contributed by atoms with Crippen LogP contribution in [-0.4, -0.2) is 24.9 Å². The lowest BCUT2D eigenvalue weighted by molar-refractivity contribution is -0.143. The van der Waals surface area contributed by atoms with E-state index >= 15 is 0 Å². The van der Waals surface area contributed by atoms with Crippen LogP contribution >= 0.6 is 0 Å². The number of hydrogen-bond acceptors (Lipinski definition) is 5. The van der Waals surface area contributed by atoms with E-state index in [4.69, 9.17) is 14.2 Å². The van der Waals surface area contributed by atoms with Crippen molar-refractivity contribution in [3.05, 3.63) is 65.1 Å². The summed E-state index contributed by atoms with van der Waals surface area (Å²) in [6.45, 7) is 5.28. The van der Waals surface area contributed by atoms with Gasteiger partial charge >= 0.3 is 12.0 Å². The van der Waals surface area contributed by atoms with E-state index in [1.165, 1.54) is 29.2 Å². The smallest absolute Gasteiger partial charge is 0.338 e. The van der Waals surface area contributed by atoms with E-state index in [0.29, 0.717) is 28.4 Å². The number of carbonyl (C=O) groups excluding carboxylic acids is 2. The van der Waals surface area contributed by atoms with Crippen LogP contribution in [0.15, 0.2) is 53.7 Å². The average Bonchev–Trinajstić information content (AvgIpc) is 3.15. The molecule has 2 aliphatic rings. The highest BCUT2D eigenvalue weighted by Crippen LogP contribution is 2.39. The van der Waals surface area contributed by atoms with Crippen molar-refractivity contribution >= 4 is 17.7 Å². The van der Waals surface area contributed by atoms with Gasteiger partial charge in [-0.25, -0.2) is 14.0 Å². The van der Waals surface area contributed by atoms with E-state index in [1.54, 1.807) is 39.0 Å². The van der Waals surface area contributed by atoms with E-state index in [1.807, 2.05) is 0 Å². The van der Waals surface area contributed by atoms with Crippen LogP contribution in [0.5, 0.6) is 11.5 Å². The highest BCUT2D eigenvalue weighted by atomic mass is 19.1. The number of amides is 2. The lowest BCUT2D eigenvalue weighted by Crippen LogP contribution is -2.48. The molecule has 2 aromatic carbocycles. The molecule has 7 nitrogen and oxygen atoms in total. The molecule has 0 radical (unpaired) electrons. The molecule has 1 atom stereocenters. The number of anilines is 1. The van der Waals surface area contributed by atoms with Crippen LogP contribution in [0.2, 0.25) is 0 Å². The number of allylic oxidation sites excluding steroid dienone is 1. The van der Waals surface area contributed by atoms with Crippen molar-refractivity contribution in [2.24, 2.45) is 0 Å². The minimum atomic E-state index is -0.769.